The van der Waals surface area contributed by atoms with Crippen molar-refractivity contribution in [1.29, 1.82) is 0 Å². The minimum Gasteiger partial charge on any atom is -0.434 e. The number of hydrogen-bond acceptors (Lipinski definition) is 5. The molecule has 0 bridgehead atoms. The average Bonchev–Trinajstić information content (AvgIpc) is 2.82. The van der Waals surface area contributed by atoms with Crippen LogP contribution >= 0.6 is 0 Å². The Kier molecular flexibility index (Phi) is 9.13. The minimum atomic E-state index is -0.765. The Balaban J connectivity index is 1.37. The van der Waals surface area contributed by atoms with Crippen LogP contribution in [-0.2, 0) is 9.53 Å². The molecule has 0 aromatic heterocycles. The van der Waals surface area contributed by atoms with Crippen molar-refractivity contribution in [2.45, 2.75) is 51.9 Å². The van der Waals surface area contributed by atoms with E-state index < -0.39 is 6.16 Å². The summed E-state index contributed by atoms with van der Waals surface area (Å²) in [4.78, 5) is 38.1. The van der Waals surface area contributed by atoms with Crippen molar-refractivity contribution in [2.75, 3.05) is 26.2 Å². The summed E-state index contributed by atoms with van der Waals surface area (Å²) >= 11 is 0. The van der Waals surface area contributed by atoms with E-state index in [0.717, 1.165) is 25.9 Å². The molecule has 1 saturated carbocycles. The number of carbonyl (C=O) groups excluding carboxylic acids is 3. The summed E-state index contributed by atoms with van der Waals surface area (Å²) in [6.45, 7) is 3.98. The molecule has 2 amide bonds. The second-order valence-corrected chi connectivity index (χ2v) is 8.55. The van der Waals surface area contributed by atoms with E-state index >= 15 is 0 Å². The molecule has 3 rings (SSSR count). The van der Waals surface area contributed by atoms with E-state index in [2.05, 4.69) is 11.4 Å². The van der Waals surface area contributed by atoms with E-state index in [9.17, 15) is 14.4 Å². The molecule has 1 heterocycles. The number of nitrogens with zero attached hydrogens (tertiary/aromatic N) is 1. The van der Waals surface area contributed by atoms with Gasteiger partial charge >= 0.3 is 6.16 Å². The van der Waals surface area contributed by atoms with E-state index in [-0.39, 0.29) is 18.4 Å². The lowest BCUT2D eigenvalue weighted by Gasteiger charge is -2.31. The molecule has 0 atom stereocenters. The first kappa shape index (κ1) is 23.8. The lowest BCUT2D eigenvalue weighted by atomic mass is 9.89. The zero-order valence-corrected chi connectivity index (χ0v) is 18.9. The summed E-state index contributed by atoms with van der Waals surface area (Å²) in [6, 6.07) is 6.36. The van der Waals surface area contributed by atoms with Gasteiger partial charge in [0.15, 0.2) is 0 Å². The SMILES string of the molecule is CCOC(=O)Oc1ccc(C(=O)NCC2CCN(C(=O)/C=C/C3CCCCC3)CC2)cc1. The number of amides is 2. The third-order valence-electron chi connectivity index (χ3n) is 6.22. The van der Waals surface area contributed by atoms with Crippen molar-refractivity contribution >= 4 is 18.0 Å². The highest BCUT2D eigenvalue weighted by atomic mass is 16.7. The molecular weight excluding hydrogens is 408 g/mol. The number of nitrogens with one attached hydrogen (secondary N) is 1. The number of benzene rings is 1. The summed E-state index contributed by atoms with van der Waals surface area (Å²) < 4.78 is 9.72. The highest BCUT2D eigenvalue weighted by Crippen LogP contribution is 2.25. The monoisotopic (exact) mass is 442 g/mol. The van der Waals surface area contributed by atoms with Crippen molar-refractivity contribution in [3.8, 4) is 5.75 Å². The van der Waals surface area contributed by atoms with E-state index in [4.69, 9.17) is 9.47 Å². The van der Waals surface area contributed by atoms with E-state index in [1.807, 2.05) is 4.90 Å². The Labute approximate surface area is 190 Å². The zero-order valence-electron chi connectivity index (χ0n) is 18.9. The van der Waals surface area contributed by atoms with E-state index in [1.54, 1.807) is 37.3 Å². The molecule has 1 aromatic carbocycles. The Bertz CT molecular complexity index is 791. The summed E-state index contributed by atoms with van der Waals surface area (Å²) in [5.74, 6) is 1.20. The summed E-state index contributed by atoms with van der Waals surface area (Å²) in [7, 11) is 0. The van der Waals surface area contributed by atoms with Gasteiger partial charge in [-0.1, -0.05) is 25.3 Å². The lowest BCUT2D eigenvalue weighted by molar-refractivity contribution is -0.127. The highest BCUT2D eigenvalue weighted by Gasteiger charge is 2.22. The van der Waals surface area contributed by atoms with Crippen molar-refractivity contribution in [1.82, 2.24) is 10.2 Å². The maximum absolute atomic E-state index is 12.5. The maximum Gasteiger partial charge on any atom is 0.513 e. The van der Waals surface area contributed by atoms with Gasteiger partial charge < -0.3 is 19.7 Å². The van der Waals surface area contributed by atoms with Gasteiger partial charge in [0.1, 0.15) is 5.75 Å². The average molecular weight is 443 g/mol. The van der Waals surface area contributed by atoms with Gasteiger partial charge in [0, 0.05) is 25.2 Å². The van der Waals surface area contributed by atoms with Crippen LogP contribution in [0.5, 0.6) is 5.75 Å². The number of rotatable bonds is 7. The van der Waals surface area contributed by atoms with Gasteiger partial charge in [-0.3, -0.25) is 9.59 Å². The molecule has 2 fully saturated rings. The van der Waals surface area contributed by atoms with Crippen LogP contribution in [0.15, 0.2) is 36.4 Å². The first-order valence-electron chi connectivity index (χ1n) is 11.7. The van der Waals surface area contributed by atoms with Crippen molar-refractivity contribution in [3.63, 3.8) is 0 Å². The van der Waals surface area contributed by atoms with Gasteiger partial charge in [-0.05, 0) is 74.8 Å². The molecule has 0 spiro atoms. The van der Waals surface area contributed by atoms with Gasteiger partial charge in [0.2, 0.25) is 5.91 Å². The highest BCUT2D eigenvalue weighted by molar-refractivity contribution is 5.94. The normalized spacial score (nSPS) is 17.8. The zero-order chi connectivity index (χ0) is 22.8. The Morgan fingerprint density at radius 3 is 2.38 bits per heavy atom. The first-order valence-corrected chi connectivity index (χ1v) is 11.7. The molecule has 2 aliphatic rings. The van der Waals surface area contributed by atoms with Crippen LogP contribution in [0, 0.1) is 11.8 Å². The van der Waals surface area contributed by atoms with Crippen LogP contribution in [0.3, 0.4) is 0 Å². The molecule has 0 radical (unpaired) electrons. The molecular formula is C25H34N2O5. The first-order chi connectivity index (χ1) is 15.5. The van der Waals surface area contributed by atoms with E-state index in [0.29, 0.717) is 29.7 Å². The molecule has 0 unspecified atom stereocenters. The second kappa shape index (κ2) is 12.3. The number of piperidine rings is 1. The van der Waals surface area contributed by atoms with Crippen molar-refractivity contribution in [3.05, 3.63) is 42.0 Å². The standard InChI is InChI=1S/C25H34N2O5/c1-2-31-25(30)32-22-11-9-21(10-12-22)24(29)26-18-20-14-16-27(17-15-20)23(28)13-8-19-6-4-3-5-7-19/h8-13,19-20H,2-7,14-18H2,1H3,(H,26,29)/b13-8+. The van der Waals surface area contributed by atoms with Gasteiger partial charge in [0.25, 0.3) is 5.91 Å². The van der Waals surface area contributed by atoms with Gasteiger partial charge in [-0.15, -0.1) is 0 Å². The van der Waals surface area contributed by atoms with Gasteiger partial charge in [-0.2, -0.15) is 0 Å². The molecule has 1 aliphatic carbocycles. The Hall–Kier alpha value is -2.83. The molecule has 1 aliphatic heterocycles. The third kappa shape index (κ3) is 7.39. The number of likely N-dealkylation sites (tertiary alicyclic amines) is 1. The van der Waals surface area contributed by atoms with Gasteiger partial charge in [0.05, 0.1) is 6.61 Å². The van der Waals surface area contributed by atoms with Crippen LogP contribution in [0.25, 0.3) is 0 Å². The van der Waals surface area contributed by atoms with Crippen molar-refractivity contribution in [2.24, 2.45) is 11.8 Å². The largest absolute Gasteiger partial charge is 0.513 e. The number of carbonyl (C=O) groups is 3. The van der Waals surface area contributed by atoms with E-state index in [1.165, 1.54) is 32.1 Å². The molecule has 1 saturated heterocycles. The third-order valence-corrected chi connectivity index (χ3v) is 6.22. The van der Waals surface area contributed by atoms with Crippen LogP contribution in [0.2, 0.25) is 0 Å². The molecule has 7 heteroatoms. The molecule has 174 valence electrons. The van der Waals surface area contributed by atoms with Crippen molar-refractivity contribution < 1.29 is 23.9 Å². The minimum absolute atomic E-state index is 0.114. The summed E-state index contributed by atoms with van der Waals surface area (Å²) in [5.41, 5.74) is 0.502. The van der Waals surface area contributed by atoms with Gasteiger partial charge in [-0.25, -0.2) is 4.79 Å². The molecule has 1 aromatic rings. The number of allylic oxidation sites excluding steroid dienone is 1. The summed E-state index contributed by atoms with van der Waals surface area (Å²) in [5, 5.41) is 2.97. The number of hydrogen-bond donors (Lipinski definition) is 1. The maximum atomic E-state index is 12.5. The van der Waals surface area contributed by atoms with Crippen LogP contribution in [-0.4, -0.2) is 49.1 Å². The Morgan fingerprint density at radius 1 is 1.03 bits per heavy atom. The molecule has 1 N–H and O–H groups in total. The second-order valence-electron chi connectivity index (χ2n) is 8.55. The Morgan fingerprint density at radius 2 is 1.72 bits per heavy atom. The fourth-order valence-electron chi connectivity index (χ4n) is 4.26. The fourth-order valence-corrected chi connectivity index (χ4v) is 4.26. The summed E-state index contributed by atoms with van der Waals surface area (Å²) in [6.07, 6.45) is 11.1. The molecule has 7 nitrogen and oxygen atoms in total. The smallest absolute Gasteiger partial charge is 0.434 e. The fraction of sp³-hybridized carbons (Fsp3) is 0.560. The predicted octanol–water partition coefficient (Wildman–Crippen LogP) is 4.33. The van der Waals surface area contributed by atoms with Crippen LogP contribution < -0.4 is 10.1 Å². The van der Waals surface area contributed by atoms with Crippen LogP contribution in [0.1, 0.15) is 62.2 Å². The topological polar surface area (TPSA) is 84.9 Å². The molecule has 32 heavy (non-hydrogen) atoms. The number of ether oxygens (including phenoxy) is 2. The quantitative estimate of drug-likeness (QED) is 0.386. The lowest BCUT2D eigenvalue weighted by Crippen LogP contribution is -2.41. The van der Waals surface area contributed by atoms with Crippen LogP contribution in [0.4, 0.5) is 4.79 Å². The predicted molar refractivity (Wildman–Crippen MR) is 121 cm³/mol.